The minimum absolute atomic E-state index is 0.0620. The molecular weight excluding hydrogens is 518 g/mol. The molecule has 0 saturated carbocycles. The number of hydrogen-bond acceptors (Lipinski definition) is 7. The molecule has 1 atom stereocenters. The molecule has 5 rings (SSSR count). The summed E-state index contributed by atoms with van der Waals surface area (Å²) < 4.78 is 5.61. The first-order valence-electron chi connectivity index (χ1n) is 13.2. The Morgan fingerprint density at radius 1 is 1.08 bits per heavy atom. The van der Waals surface area contributed by atoms with Crippen LogP contribution in [0.3, 0.4) is 0 Å². The summed E-state index contributed by atoms with van der Waals surface area (Å²) in [6.45, 7) is 9.00. The number of hydrogen-bond donors (Lipinski definition) is 1. The molecule has 2 fully saturated rings. The maximum Gasteiger partial charge on any atom is 0.251 e. The zero-order valence-corrected chi connectivity index (χ0v) is 23.5. The predicted molar refractivity (Wildman–Crippen MR) is 155 cm³/mol. The molecule has 1 amide bonds. The van der Waals surface area contributed by atoms with Gasteiger partial charge in [-0.15, -0.1) is 0 Å². The molecule has 0 radical (unpaired) electrons. The quantitative estimate of drug-likeness (QED) is 0.302. The second-order valence-electron chi connectivity index (χ2n) is 9.80. The summed E-state index contributed by atoms with van der Waals surface area (Å²) in [6, 6.07) is 15.8. The number of nitrogens with one attached hydrogen (secondary N) is 1. The lowest BCUT2D eigenvalue weighted by molar-refractivity contribution is 0.0857. The number of nitrogens with zero attached hydrogens (tertiary/aromatic N) is 4. The van der Waals surface area contributed by atoms with E-state index in [-0.39, 0.29) is 12.0 Å². The molecule has 2 aromatic carbocycles. The van der Waals surface area contributed by atoms with Crippen LogP contribution in [-0.4, -0.2) is 61.3 Å². The Morgan fingerprint density at radius 3 is 2.63 bits per heavy atom. The number of para-hydroxylation sites is 1. The van der Waals surface area contributed by atoms with Crippen LogP contribution in [0.1, 0.15) is 40.0 Å². The number of thioether (sulfide) groups is 1. The zero-order chi connectivity index (χ0) is 26.5. The Balaban J connectivity index is 1.21. The van der Waals surface area contributed by atoms with E-state index in [0.717, 1.165) is 84.1 Å². The van der Waals surface area contributed by atoms with Crippen LogP contribution >= 0.6 is 23.4 Å². The summed E-state index contributed by atoms with van der Waals surface area (Å²) in [7, 11) is 0. The average Bonchev–Trinajstić information content (AvgIpc) is 3.47. The molecular formula is C29H34ClN5O2S. The van der Waals surface area contributed by atoms with Gasteiger partial charge in [-0.1, -0.05) is 47.6 Å². The van der Waals surface area contributed by atoms with Gasteiger partial charge in [0, 0.05) is 61.9 Å². The monoisotopic (exact) mass is 551 g/mol. The number of halogens is 1. The first kappa shape index (κ1) is 26.8. The molecule has 7 nitrogen and oxygen atoms in total. The number of amides is 1. The number of carbonyl (C=O) groups excluding carboxylic acids is 1. The molecule has 0 unspecified atom stereocenters. The van der Waals surface area contributed by atoms with Gasteiger partial charge in [0.05, 0.1) is 16.8 Å². The fourth-order valence-electron chi connectivity index (χ4n) is 4.89. The number of aromatic nitrogens is 2. The second-order valence-corrected chi connectivity index (χ2v) is 11.1. The number of carbonyl (C=O) groups is 1. The van der Waals surface area contributed by atoms with E-state index in [2.05, 4.69) is 28.1 Å². The smallest absolute Gasteiger partial charge is 0.251 e. The SMILES string of the molecule is Cc1nc(SCc2cccc(C(=O)NC[C@@H]3CCCO3)c2)nc(N2CCN(c3ccccc3Cl)CC2)c1C. The normalized spacial score (nSPS) is 17.6. The van der Waals surface area contributed by atoms with Gasteiger partial charge >= 0.3 is 0 Å². The van der Waals surface area contributed by atoms with Gasteiger partial charge in [-0.25, -0.2) is 9.97 Å². The van der Waals surface area contributed by atoms with Crippen molar-refractivity contribution in [2.24, 2.45) is 0 Å². The van der Waals surface area contributed by atoms with Crippen LogP contribution in [0.2, 0.25) is 5.02 Å². The van der Waals surface area contributed by atoms with Crippen molar-refractivity contribution in [1.82, 2.24) is 15.3 Å². The van der Waals surface area contributed by atoms with Crippen molar-refractivity contribution in [3.8, 4) is 0 Å². The van der Waals surface area contributed by atoms with Crippen molar-refractivity contribution in [2.75, 3.05) is 49.1 Å². The number of ether oxygens (including phenoxy) is 1. The van der Waals surface area contributed by atoms with E-state index in [9.17, 15) is 4.79 Å². The van der Waals surface area contributed by atoms with E-state index in [4.69, 9.17) is 26.3 Å². The second kappa shape index (κ2) is 12.4. The van der Waals surface area contributed by atoms with E-state index in [1.54, 1.807) is 11.8 Å². The van der Waals surface area contributed by atoms with Crippen LogP contribution in [0.4, 0.5) is 11.5 Å². The van der Waals surface area contributed by atoms with E-state index in [1.807, 2.05) is 49.4 Å². The van der Waals surface area contributed by atoms with Gasteiger partial charge in [-0.2, -0.15) is 0 Å². The van der Waals surface area contributed by atoms with Crippen LogP contribution in [0, 0.1) is 13.8 Å². The van der Waals surface area contributed by atoms with Crippen LogP contribution < -0.4 is 15.1 Å². The molecule has 2 aliphatic heterocycles. The number of piperazine rings is 1. The first-order valence-corrected chi connectivity index (χ1v) is 14.6. The maximum absolute atomic E-state index is 12.6. The molecule has 9 heteroatoms. The summed E-state index contributed by atoms with van der Waals surface area (Å²) in [6.07, 6.45) is 2.20. The average molecular weight is 552 g/mol. The Kier molecular flexibility index (Phi) is 8.72. The van der Waals surface area contributed by atoms with Crippen LogP contribution in [0.5, 0.6) is 0 Å². The molecule has 0 bridgehead atoms. The van der Waals surface area contributed by atoms with Gasteiger partial charge in [-0.3, -0.25) is 4.79 Å². The highest BCUT2D eigenvalue weighted by Gasteiger charge is 2.23. The van der Waals surface area contributed by atoms with Crippen LogP contribution in [0.15, 0.2) is 53.7 Å². The number of anilines is 2. The Labute approximate surface area is 233 Å². The van der Waals surface area contributed by atoms with Gasteiger partial charge in [0.15, 0.2) is 5.16 Å². The highest BCUT2D eigenvalue weighted by atomic mass is 35.5. The van der Waals surface area contributed by atoms with Crippen LogP contribution in [-0.2, 0) is 10.5 Å². The van der Waals surface area contributed by atoms with Gasteiger partial charge in [0.25, 0.3) is 5.91 Å². The van der Waals surface area contributed by atoms with Crippen molar-refractivity contribution in [3.05, 3.63) is 75.9 Å². The largest absolute Gasteiger partial charge is 0.376 e. The Bertz CT molecular complexity index is 1280. The molecule has 200 valence electrons. The molecule has 3 aromatic rings. The van der Waals surface area contributed by atoms with E-state index in [0.29, 0.717) is 17.9 Å². The highest BCUT2D eigenvalue weighted by molar-refractivity contribution is 7.98. The standard InChI is InChI=1S/C29H34ClN5O2S/c1-20-21(2)32-29(33-27(20)35-14-12-34(13-15-35)26-11-4-3-10-25(26)30)38-19-22-7-5-8-23(17-22)28(36)31-18-24-9-6-16-37-24/h3-5,7-8,10-11,17,24H,6,9,12-16,18-19H2,1-2H3,(H,31,36)/t24-/m0/s1. The number of rotatable bonds is 8. The van der Waals surface area contributed by atoms with Crippen molar-refractivity contribution in [1.29, 1.82) is 0 Å². The first-order chi connectivity index (χ1) is 18.5. The van der Waals surface area contributed by atoms with Crippen LogP contribution in [0.25, 0.3) is 0 Å². The summed E-state index contributed by atoms with van der Waals surface area (Å²) in [5.74, 6) is 1.63. The third-order valence-corrected chi connectivity index (χ3v) is 8.42. The van der Waals surface area contributed by atoms with Crippen molar-refractivity contribution in [3.63, 3.8) is 0 Å². The minimum Gasteiger partial charge on any atom is -0.376 e. The molecule has 2 saturated heterocycles. The van der Waals surface area contributed by atoms with Crippen molar-refractivity contribution < 1.29 is 9.53 Å². The molecule has 2 aliphatic rings. The van der Waals surface area contributed by atoms with E-state index < -0.39 is 0 Å². The zero-order valence-electron chi connectivity index (χ0n) is 22.0. The topological polar surface area (TPSA) is 70.6 Å². The van der Waals surface area contributed by atoms with Gasteiger partial charge < -0.3 is 19.9 Å². The molecule has 38 heavy (non-hydrogen) atoms. The molecule has 1 N–H and O–H groups in total. The summed E-state index contributed by atoms with van der Waals surface area (Å²) >= 11 is 8.03. The lowest BCUT2D eigenvalue weighted by Gasteiger charge is -2.37. The third-order valence-electron chi connectivity index (χ3n) is 7.19. The Morgan fingerprint density at radius 2 is 1.87 bits per heavy atom. The fourth-order valence-corrected chi connectivity index (χ4v) is 5.98. The molecule has 1 aromatic heterocycles. The number of benzene rings is 2. The van der Waals surface area contributed by atoms with Crippen molar-refractivity contribution >= 4 is 40.8 Å². The third kappa shape index (κ3) is 6.42. The summed E-state index contributed by atoms with van der Waals surface area (Å²) in [5, 5.41) is 4.55. The minimum atomic E-state index is -0.0620. The fraction of sp³-hybridized carbons (Fsp3) is 0.414. The van der Waals surface area contributed by atoms with Gasteiger partial charge in [0.1, 0.15) is 5.82 Å². The summed E-state index contributed by atoms with van der Waals surface area (Å²) in [4.78, 5) is 27.0. The number of aryl methyl sites for hydroxylation is 1. The Hall–Kier alpha value is -2.81. The van der Waals surface area contributed by atoms with E-state index >= 15 is 0 Å². The molecule has 0 aliphatic carbocycles. The van der Waals surface area contributed by atoms with Gasteiger partial charge in [0.2, 0.25) is 0 Å². The maximum atomic E-state index is 12.6. The lowest BCUT2D eigenvalue weighted by Crippen LogP contribution is -2.47. The van der Waals surface area contributed by atoms with Gasteiger partial charge in [-0.05, 0) is 56.5 Å². The van der Waals surface area contributed by atoms with Crippen molar-refractivity contribution in [2.45, 2.75) is 43.7 Å². The van der Waals surface area contributed by atoms with E-state index in [1.165, 1.54) is 0 Å². The predicted octanol–water partition coefficient (Wildman–Crippen LogP) is 5.27. The molecule has 0 spiro atoms. The lowest BCUT2D eigenvalue weighted by atomic mass is 10.1. The summed E-state index contributed by atoms with van der Waals surface area (Å²) in [5.41, 5.74) is 4.93. The highest BCUT2D eigenvalue weighted by Crippen LogP contribution is 2.30. The molecule has 3 heterocycles.